The highest BCUT2D eigenvalue weighted by Gasteiger charge is 2.52. The second kappa shape index (κ2) is 7.48. The maximum Gasteiger partial charge on any atom is 0.325 e. The van der Waals surface area contributed by atoms with Crippen LogP contribution in [-0.2, 0) is 16.1 Å². The average Bonchev–Trinajstić information content (AvgIpc) is 2.86. The molecule has 0 atom stereocenters. The van der Waals surface area contributed by atoms with Crippen molar-refractivity contribution in [3.05, 3.63) is 35.4 Å². The number of urea groups is 1. The van der Waals surface area contributed by atoms with Gasteiger partial charge < -0.3 is 10.6 Å². The van der Waals surface area contributed by atoms with Gasteiger partial charge in [-0.3, -0.25) is 14.5 Å². The van der Waals surface area contributed by atoms with E-state index >= 15 is 0 Å². The Bertz CT molecular complexity index is 691. The third kappa shape index (κ3) is 3.74. The van der Waals surface area contributed by atoms with Gasteiger partial charge >= 0.3 is 6.03 Å². The molecule has 0 unspecified atom stereocenters. The molecule has 1 aromatic rings. The van der Waals surface area contributed by atoms with E-state index in [0.717, 1.165) is 35.3 Å². The Balaban J connectivity index is 1.56. The normalized spacial score (nSPS) is 25.5. The van der Waals surface area contributed by atoms with E-state index in [-0.39, 0.29) is 18.4 Å². The molecule has 1 saturated heterocycles. The minimum Gasteiger partial charge on any atom is -0.350 e. The number of hydrogen-bond acceptors (Lipinski definition) is 3. The van der Waals surface area contributed by atoms with Gasteiger partial charge in [0.2, 0.25) is 5.91 Å². The molecular weight excluding hydrogens is 330 g/mol. The molecule has 3 rings (SSSR count). The summed E-state index contributed by atoms with van der Waals surface area (Å²) in [5, 5.41) is 5.64. The molecule has 1 saturated carbocycles. The third-order valence-corrected chi connectivity index (χ3v) is 5.69. The summed E-state index contributed by atoms with van der Waals surface area (Å²) in [6.07, 6.45) is 4.31. The van der Waals surface area contributed by atoms with E-state index in [1.165, 1.54) is 0 Å². The minimum atomic E-state index is -0.792. The lowest BCUT2D eigenvalue weighted by Gasteiger charge is -2.34. The van der Waals surface area contributed by atoms with Gasteiger partial charge in [-0.25, -0.2) is 4.79 Å². The zero-order valence-electron chi connectivity index (χ0n) is 15.5. The molecule has 2 fully saturated rings. The van der Waals surface area contributed by atoms with E-state index in [2.05, 4.69) is 17.6 Å². The Kier molecular flexibility index (Phi) is 5.30. The second-order valence-corrected chi connectivity index (χ2v) is 7.52. The van der Waals surface area contributed by atoms with Crippen molar-refractivity contribution < 1.29 is 14.4 Å². The summed E-state index contributed by atoms with van der Waals surface area (Å²) >= 11 is 0. The number of nitrogens with one attached hydrogen (secondary N) is 2. The topological polar surface area (TPSA) is 78.5 Å². The molecule has 1 aliphatic heterocycles. The van der Waals surface area contributed by atoms with Crippen LogP contribution in [0.15, 0.2) is 24.3 Å². The van der Waals surface area contributed by atoms with Crippen LogP contribution in [0.2, 0.25) is 0 Å². The third-order valence-electron chi connectivity index (χ3n) is 5.69. The number of rotatable bonds is 5. The fourth-order valence-electron chi connectivity index (χ4n) is 3.84. The Morgan fingerprint density at radius 2 is 1.88 bits per heavy atom. The van der Waals surface area contributed by atoms with Crippen molar-refractivity contribution in [1.82, 2.24) is 15.5 Å². The van der Waals surface area contributed by atoms with Gasteiger partial charge in [-0.1, -0.05) is 43.2 Å². The first-order chi connectivity index (χ1) is 12.4. The maximum absolute atomic E-state index is 12.8. The molecule has 140 valence electrons. The van der Waals surface area contributed by atoms with Crippen molar-refractivity contribution in [2.45, 2.75) is 58.0 Å². The number of aryl methyl sites for hydroxylation is 1. The summed E-state index contributed by atoms with van der Waals surface area (Å²) in [5.41, 5.74) is 1.35. The molecule has 2 N–H and O–H groups in total. The highest BCUT2D eigenvalue weighted by atomic mass is 16.2. The highest BCUT2D eigenvalue weighted by Crippen LogP contribution is 2.37. The summed E-state index contributed by atoms with van der Waals surface area (Å²) in [6.45, 7) is 4.31. The van der Waals surface area contributed by atoms with Gasteiger partial charge in [0.05, 0.1) is 0 Å². The van der Waals surface area contributed by atoms with E-state index in [1.54, 1.807) is 0 Å². The van der Waals surface area contributed by atoms with Crippen LogP contribution in [0.1, 0.15) is 50.2 Å². The van der Waals surface area contributed by atoms with E-state index < -0.39 is 11.6 Å². The Morgan fingerprint density at radius 1 is 1.23 bits per heavy atom. The summed E-state index contributed by atoms with van der Waals surface area (Å²) < 4.78 is 0. The van der Waals surface area contributed by atoms with E-state index in [9.17, 15) is 14.4 Å². The van der Waals surface area contributed by atoms with Crippen molar-refractivity contribution in [2.24, 2.45) is 5.92 Å². The molecule has 26 heavy (non-hydrogen) atoms. The van der Waals surface area contributed by atoms with Crippen molar-refractivity contribution in [3.63, 3.8) is 0 Å². The zero-order valence-corrected chi connectivity index (χ0v) is 15.5. The Hall–Kier alpha value is -2.37. The predicted octanol–water partition coefficient (Wildman–Crippen LogP) is 2.50. The lowest BCUT2D eigenvalue weighted by atomic mass is 9.75. The van der Waals surface area contributed by atoms with E-state index in [4.69, 9.17) is 0 Å². The standard InChI is InChI=1S/C20H27N3O3/c1-3-15-8-10-20(11-9-15)18(25)23(19(26)22-20)13-17(24)21-12-16-6-4-14(2)5-7-16/h4-7,15H,3,8-13H2,1-2H3,(H,21,24)(H,22,26). The number of carbonyl (C=O) groups excluding carboxylic acids is 3. The smallest absolute Gasteiger partial charge is 0.325 e. The number of carbonyl (C=O) groups is 3. The first-order valence-corrected chi connectivity index (χ1v) is 9.40. The van der Waals surface area contributed by atoms with Gasteiger partial charge in [0.25, 0.3) is 5.91 Å². The lowest BCUT2D eigenvalue weighted by Crippen LogP contribution is -2.50. The number of amides is 4. The van der Waals surface area contributed by atoms with Crippen LogP contribution in [0.4, 0.5) is 4.79 Å². The molecule has 0 bridgehead atoms. The predicted molar refractivity (Wildman–Crippen MR) is 98.3 cm³/mol. The van der Waals surface area contributed by atoms with Gasteiger partial charge in [-0.2, -0.15) is 0 Å². The van der Waals surface area contributed by atoms with Gasteiger partial charge in [-0.15, -0.1) is 0 Å². The SMILES string of the molecule is CCC1CCC2(CC1)NC(=O)N(CC(=O)NCc1ccc(C)cc1)C2=O. The van der Waals surface area contributed by atoms with Crippen LogP contribution >= 0.6 is 0 Å². The summed E-state index contributed by atoms with van der Waals surface area (Å²) in [5.74, 6) is 0.0492. The summed E-state index contributed by atoms with van der Waals surface area (Å²) in [6, 6.07) is 7.41. The molecular formula is C20H27N3O3. The molecule has 2 aliphatic rings. The quantitative estimate of drug-likeness (QED) is 0.795. The summed E-state index contributed by atoms with van der Waals surface area (Å²) in [7, 11) is 0. The first kappa shape index (κ1) is 18.4. The fraction of sp³-hybridized carbons (Fsp3) is 0.550. The number of imide groups is 1. The van der Waals surface area contributed by atoms with Gasteiger partial charge in [0.15, 0.2) is 0 Å². The molecule has 4 amide bonds. The molecule has 6 nitrogen and oxygen atoms in total. The minimum absolute atomic E-state index is 0.227. The Morgan fingerprint density at radius 3 is 2.50 bits per heavy atom. The van der Waals surface area contributed by atoms with Crippen molar-refractivity contribution >= 4 is 17.8 Å². The van der Waals surface area contributed by atoms with E-state index in [1.807, 2.05) is 31.2 Å². The van der Waals surface area contributed by atoms with Crippen LogP contribution in [0, 0.1) is 12.8 Å². The Labute approximate surface area is 154 Å². The number of nitrogens with zero attached hydrogens (tertiary/aromatic N) is 1. The van der Waals surface area contributed by atoms with Gasteiger partial charge in [0.1, 0.15) is 12.1 Å². The largest absolute Gasteiger partial charge is 0.350 e. The fourth-order valence-corrected chi connectivity index (χ4v) is 3.84. The molecule has 0 aromatic heterocycles. The van der Waals surface area contributed by atoms with Gasteiger partial charge in [-0.05, 0) is 44.1 Å². The average molecular weight is 357 g/mol. The van der Waals surface area contributed by atoms with E-state index in [0.29, 0.717) is 25.3 Å². The molecule has 1 heterocycles. The maximum atomic E-state index is 12.8. The molecule has 1 spiro atoms. The van der Waals surface area contributed by atoms with Crippen molar-refractivity contribution in [2.75, 3.05) is 6.54 Å². The molecule has 6 heteroatoms. The number of benzene rings is 1. The first-order valence-electron chi connectivity index (χ1n) is 9.40. The molecule has 1 aromatic carbocycles. The van der Waals surface area contributed by atoms with Crippen LogP contribution in [-0.4, -0.2) is 34.8 Å². The lowest BCUT2D eigenvalue weighted by molar-refractivity contribution is -0.136. The van der Waals surface area contributed by atoms with Crippen molar-refractivity contribution in [1.29, 1.82) is 0 Å². The van der Waals surface area contributed by atoms with Crippen LogP contribution < -0.4 is 10.6 Å². The second-order valence-electron chi connectivity index (χ2n) is 7.52. The van der Waals surface area contributed by atoms with Crippen LogP contribution in [0.5, 0.6) is 0 Å². The highest BCUT2D eigenvalue weighted by molar-refractivity contribution is 6.09. The number of hydrogen-bond donors (Lipinski definition) is 2. The summed E-state index contributed by atoms with van der Waals surface area (Å²) in [4.78, 5) is 38.3. The zero-order chi connectivity index (χ0) is 18.7. The van der Waals surface area contributed by atoms with Crippen LogP contribution in [0.25, 0.3) is 0 Å². The monoisotopic (exact) mass is 357 g/mol. The van der Waals surface area contributed by atoms with Crippen LogP contribution in [0.3, 0.4) is 0 Å². The molecule has 0 radical (unpaired) electrons. The van der Waals surface area contributed by atoms with Crippen molar-refractivity contribution in [3.8, 4) is 0 Å². The van der Waals surface area contributed by atoms with Gasteiger partial charge in [0, 0.05) is 6.54 Å². The molecule has 1 aliphatic carbocycles.